The van der Waals surface area contributed by atoms with Gasteiger partial charge in [0.1, 0.15) is 0 Å². The molecule has 0 radical (unpaired) electrons. The summed E-state index contributed by atoms with van der Waals surface area (Å²) in [6.07, 6.45) is 5.51. The quantitative estimate of drug-likeness (QED) is 0.430. The number of benzene rings is 2. The zero-order valence-electron chi connectivity index (χ0n) is 21.4. The molecule has 2 saturated heterocycles. The van der Waals surface area contributed by atoms with Gasteiger partial charge >= 0.3 is 0 Å². The number of nitrogens with one attached hydrogen (secondary N) is 1. The second-order valence-corrected chi connectivity index (χ2v) is 10.4. The lowest BCUT2D eigenvalue weighted by Gasteiger charge is -2.31. The van der Waals surface area contributed by atoms with Crippen LogP contribution in [0.4, 0.5) is 0 Å². The Kier molecular flexibility index (Phi) is 8.72. The van der Waals surface area contributed by atoms with E-state index < -0.39 is 0 Å². The van der Waals surface area contributed by atoms with Crippen LogP contribution >= 0.6 is 11.6 Å². The first-order valence-corrected chi connectivity index (χ1v) is 13.5. The maximum atomic E-state index is 13.6. The van der Waals surface area contributed by atoms with Gasteiger partial charge < -0.3 is 19.5 Å². The van der Waals surface area contributed by atoms with Crippen molar-refractivity contribution < 1.29 is 9.53 Å². The van der Waals surface area contributed by atoms with Crippen LogP contribution < -0.4 is 5.32 Å². The highest BCUT2D eigenvalue weighted by Crippen LogP contribution is 2.24. The number of amides is 1. The standard InChI is InChI=1S/C29H33ClN6O2/c30-25-3-1-2-24(14-25)19-35-12-9-28(29(35)37)34(11-8-27-17-32-10-13-38-27)20-26-16-33-21-36(26)18-23-6-4-22(15-31)5-7-23/h1-7,14,16,21,27-28,32H,8-13,17-20H2/t27-,28?/m0/s1. The highest BCUT2D eigenvalue weighted by atomic mass is 35.5. The lowest BCUT2D eigenvalue weighted by atomic mass is 10.1. The Labute approximate surface area is 228 Å². The summed E-state index contributed by atoms with van der Waals surface area (Å²) in [5.74, 6) is 0.158. The lowest BCUT2D eigenvalue weighted by molar-refractivity contribution is -0.133. The Balaban J connectivity index is 1.30. The SMILES string of the molecule is N#Cc1ccc(Cn2cncc2CN(CC[C@H]2CNCCO2)C2CCN(Cc3cccc(Cl)c3)C2=O)cc1. The van der Waals surface area contributed by atoms with Crippen LogP contribution in [0.15, 0.2) is 61.1 Å². The number of nitrogens with zero attached hydrogens (tertiary/aromatic N) is 5. The molecule has 9 heteroatoms. The number of likely N-dealkylation sites (tertiary alicyclic amines) is 1. The van der Waals surface area contributed by atoms with E-state index in [0.29, 0.717) is 30.2 Å². The van der Waals surface area contributed by atoms with Gasteiger partial charge in [-0.15, -0.1) is 0 Å². The normalized spacial score (nSPS) is 19.7. The monoisotopic (exact) mass is 532 g/mol. The second kappa shape index (κ2) is 12.5. The molecule has 198 valence electrons. The van der Waals surface area contributed by atoms with Crippen LogP contribution in [0.25, 0.3) is 0 Å². The molecule has 1 unspecified atom stereocenters. The van der Waals surface area contributed by atoms with Gasteiger partial charge in [0, 0.05) is 57.0 Å². The zero-order valence-corrected chi connectivity index (χ0v) is 22.2. The second-order valence-electron chi connectivity index (χ2n) is 9.97. The van der Waals surface area contributed by atoms with Crippen LogP contribution in [-0.4, -0.2) is 70.2 Å². The van der Waals surface area contributed by atoms with Gasteiger partial charge in [-0.1, -0.05) is 35.9 Å². The third kappa shape index (κ3) is 6.61. The summed E-state index contributed by atoms with van der Waals surface area (Å²) in [5, 5.41) is 13.2. The van der Waals surface area contributed by atoms with E-state index in [0.717, 1.165) is 62.4 Å². The van der Waals surface area contributed by atoms with E-state index in [1.807, 2.05) is 66.0 Å². The van der Waals surface area contributed by atoms with Crippen molar-refractivity contribution in [1.82, 2.24) is 24.7 Å². The first-order chi connectivity index (χ1) is 18.6. The van der Waals surface area contributed by atoms with Gasteiger partial charge in [-0.3, -0.25) is 9.69 Å². The summed E-state index contributed by atoms with van der Waals surface area (Å²) in [5.41, 5.74) is 3.84. The Morgan fingerprint density at radius 2 is 2.05 bits per heavy atom. The number of hydrogen-bond donors (Lipinski definition) is 1. The molecule has 2 aromatic carbocycles. The minimum absolute atomic E-state index is 0.147. The van der Waals surface area contributed by atoms with Gasteiger partial charge in [-0.25, -0.2) is 4.98 Å². The van der Waals surface area contributed by atoms with E-state index in [-0.39, 0.29) is 18.1 Å². The molecular weight excluding hydrogens is 500 g/mol. The number of rotatable bonds is 10. The molecule has 1 aromatic heterocycles. The van der Waals surface area contributed by atoms with Crippen molar-refractivity contribution in [3.63, 3.8) is 0 Å². The van der Waals surface area contributed by atoms with Crippen molar-refractivity contribution >= 4 is 17.5 Å². The first-order valence-electron chi connectivity index (χ1n) is 13.2. The summed E-state index contributed by atoms with van der Waals surface area (Å²) < 4.78 is 8.07. The highest BCUT2D eigenvalue weighted by Gasteiger charge is 2.36. The molecule has 0 saturated carbocycles. The van der Waals surface area contributed by atoms with Gasteiger partial charge in [0.05, 0.1) is 42.4 Å². The first kappa shape index (κ1) is 26.4. The van der Waals surface area contributed by atoms with Crippen LogP contribution in [0.5, 0.6) is 0 Å². The van der Waals surface area contributed by atoms with Crippen LogP contribution in [0.3, 0.4) is 0 Å². The third-order valence-corrected chi connectivity index (χ3v) is 7.55. The number of nitriles is 1. The molecule has 2 aliphatic rings. The average Bonchev–Trinajstić information content (AvgIpc) is 3.53. The summed E-state index contributed by atoms with van der Waals surface area (Å²) in [4.78, 5) is 22.3. The van der Waals surface area contributed by atoms with E-state index in [1.165, 1.54) is 0 Å². The fraction of sp³-hybridized carbons (Fsp3) is 0.414. The van der Waals surface area contributed by atoms with Crippen molar-refractivity contribution in [2.24, 2.45) is 0 Å². The van der Waals surface area contributed by atoms with Crippen LogP contribution in [0.2, 0.25) is 5.02 Å². The average molecular weight is 533 g/mol. The number of carbonyl (C=O) groups excluding carboxylic acids is 1. The molecule has 8 nitrogen and oxygen atoms in total. The van der Waals surface area contributed by atoms with Crippen LogP contribution in [0.1, 0.15) is 35.2 Å². The van der Waals surface area contributed by atoms with Gasteiger partial charge in [0.2, 0.25) is 5.91 Å². The zero-order chi connectivity index (χ0) is 26.3. The maximum absolute atomic E-state index is 13.6. The summed E-state index contributed by atoms with van der Waals surface area (Å²) in [6.45, 7) is 5.77. The summed E-state index contributed by atoms with van der Waals surface area (Å²) in [6, 6.07) is 17.3. The van der Waals surface area contributed by atoms with E-state index in [1.54, 1.807) is 0 Å². The highest BCUT2D eigenvalue weighted by molar-refractivity contribution is 6.30. The fourth-order valence-electron chi connectivity index (χ4n) is 5.25. The number of ether oxygens (including phenoxy) is 1. The molecule has 2 aliphatic heterocycles. The number of imidazole rings is 1. The minimum atomic E-state index is -0.191. The largest absolute Gasteiger partial charge is 0.376 e. The van der Waals surface area contributed by atoms with Crippen molar-refractivity contribution in [3.05, 3.63) is 88.5 Å². The molecular formula is C29H33ClN6O2. The van der Waals surface area contributed by atoms with Gasteiger partial charge in [0.15, 0.2) is 0 Å². The van der Waals surface area contributed by atoms with E-state index >= 15 is 0 Å². The Morgan fingerprint density at radius 1 is 1.18 bits per heavy atom. The summed E-state index contributed by atoms with van der Waals surface area (Å²) in [7, 11) is 0. The molecule has 1 amide bonds. The molecule has 0 aliphatic carbocycles. The fourth-order valence-corrected chi connectivity index (χ4v) is 5.46. The molecule has 0 spiro atoms. The lowest BCUT2D eigenvalue weighted by Crippen LogP contribution is -2.45. The predicted octanol–water partition coefficient (Wildman–Crippen LogP) is 3.44. The molecule has 5 rings (SSSR count). The number of aromatic nitrogens is 2. The summed E-state index contributed by atoms with van der Waals surface area (Å²) >= 11 is 6.18. The van der Waals surface area contributed by atoms with Crippen molar-refractivity contribution in [1.29, 1.82) is 5.26 Å². The maximum Gasteiger partial charge on any atom is 0.240 e. The predicted molar refractivity (Wildman–Crippen MR) is 145 cm³/mol. The van der Waals surface area contributed by atoms with Gasteiger partial charge in [0.25, 0.3) is 0 Å². The van der Waals surface area contributed by atoms with E-state index in [2.05, 4.69) is 25.8 Å². The van der Waals surface area contributed by atoms with E-state index in [4.69, 9.17) is 21.6 Å². The van der Waals surface area contributed by atoms with Gasteiger partial charge in [-0.05, 0) is 48.2 Å². The van der Waals surface area contributed by atoms with Crippen molar-refractivity contribution in [2.45, 2.75) is 44.6 Å². The third-order valence-electron chi connectivity index (χ3n) is 7.31. The van der Waals surface area contributed by atoms with Gasteiger partial charge in [-0.2, -0.15) is 5.26 Å². The van der Waals surface area contributed by atoms with E-state index in [9.17, 15) is 4.79 Å². The number of hydrogen-bond acceptors (Lipinski definition) is 6. The smallest absolute Gasteiger partial charge is 0.240 e. The minimum Gasteiger partial charge on any atom is -0.376 e. The Hall–Kier alpha value is -3.22. The Bertz CT molecular complexity index is 1260. The number of halogens is 1. The van der Waals surface area contributed by atoms with Crippen molar-refractivity contribution in [3.8, 4) is 6.07 Å². The molecule has 2 fully saturated rings. The molecule has 38 heavy (non-hydrogen) atoms. The van der Waals surface area contributed by atoms with Crippen LogP contribution in [-0.2, 0) is 29.2 Å². The molecule has 3 heterocycles. The molecule has 1 N–H and O–H groups in total. The number of morpholine rings is 1. The molecule has 0 bridgehead atoms. The molecule has 3 aromatic rings. The Morgan fingerprint density at radius 3 is 2.82 bits per heavy atom. The number of carbonyl (C=O) groups is 1. The topological polar surface area (TPSA) is 86.4 Å². The van der Waals surface area contributed by atoms with Crippen LogP contribution in [0, 0.1) is 11.3 Å². The van der Waals surface area contributed by atoms with Crippen molar-refractivity contribution in [2.75, 3.05) is 32.8 Å². The molecule has 2 atom stereocenters.